The molecule has 2 aromatic rings. The molecule has 0 saturated carbocycles. The molecule has 4 heterocycles. The summed E-state index contributed by atoms with van der Waals surface area (Å²) in [7, 11) is 0. The third-order valence-corrected chi connectivity index (χ3v) is 5.49. The number of rotatable bonds is 2. The number of carbonyl (C=O) groups excluding carboxylic acids is 1. The van der Waals surface area contributed by atoms with Gasteiger partial charge in [-0.3, -0.25) is 9.48 Å². The molecule has 6 nitrogen and oxygen atoms in total. The summed E-state index contributed by atoms with van der Waals surface area (Å²) < 4.78 is 41.1. The summed E-state index contributed by atoms with van der Waals surface area (Å²) >= 11 is 0. The molecular formula is C19H22F3N5O. The molecule has 0 aromatic carbocycles. The predicted molar refractivity (Wildman–Crippen MR) is 97.3 cm³/mol. The Labute approximate surface area is 160 Å². The molecule has 0 unspecified atom stereocenters. The number of nitrogens with zero attached hydrogens (tertiary/aromatic N) is 5. The van der Waals surface area contributed by atoms with Gasteiger partial charge in [-0.2, -0.15) is 18.3 Å². The van der Waals surface area contributed by atoms with E-state index in [1.54, 1.807) is 11.8 Å². The van der Waals surface area contributed by atoms with E-state index in [0.717, 1.165) is 36.0 Å². The second kappa shape index (κ2) is 6.79. The number of amides is 1. The van der Waals surface area contributed by atoms with Crippen LogP contribution in [0.15, 0.2) is 12.3 Å². The number of carbonyl (C=O) groups is 1. The van der Waals surface area contributed by atoms with Crippen LogP contribution < -0.4 is 4.90 Å². The minimum Gasteiger partial charge on any atom is -0.338 e. The average molecular weight is 393 g/mol. The Bertz CT molecular complexity index is 921. The molecule has 28 heavy (non-hydrogen) atoms. The van der Waals surface area contributed by atoms with E-state index in [2.05, 4.69) is 4.98 Å². The van der Waals surface area contributed by atoms with Crippen LogP contribution in [0.5, 0.6) is 0 Å². The summed E-state index contributed by atoms with van der Waals surface area (Å²) in [6, 6.07) is 1.15. The lowest BCUT2D eigenvalue weighted by molar-refractivity contribution is -0.141. The van der Waals surface area contributed by atoms with Crippen LogP contribution in [0.3, 0.4) is 0 Å². The van der Waals surface area contributed by atoms with Gasteiger partial charge in [0.05, 0.1) is 18.4 Å². The molecule has 2 aliphatic heterocycles. The van der Waals surface area contributed by atoms with Gasteiger partial charge in [0.25, 0.3) is 0 Å². The zero-order chi connectivity index (χ0) is 20.1. The van der Waals surface area contributed by atoms with E-state index in [0.29, 0.717) is 43.9 Å². The van der Waals surface area contributed by atoms with Gasteiger partial charge in [0.15, 0.2) is 5.82 Å². The summed E-state index contributed by atoms with van der Waals surface area (Å²) in [6.07, 6.45) is -1.11. The molecule has 0 atom stereocenters. The minimum absolute atomic E-state index is 0.0105. The first kappa shape index (κ1) is 18.8. The van der Waals surface area contributed by atoms with Crippen molar-refractivity contribution in [3.05, 3.63) is 34.8 Å². The lowest BCUT2D eigenvalue weighted by Gasteiger charge is -2.32. The second-order valence-corrected chi connectivity index (χ2v) is 7.21. The number of fused-ring (bicyclic) bond motifs is 2. The molecular weight excluding hydrogens is 371 g/mol. The Morgan fingerprint density at radius 2 is 2.04 bits per heavy atom. The zero-order valence-electron chi connectivity index (χ0n) is 15.9. The van der Waals surface area contributed by atoms with E-state index in [4.69, 9.17) is 5.10 Å². The Hall–Kier alpha value is -2.58. The lowest BCUT2D eigenvalue weighted by Crippen LogP contribution is -2.35. The summed E-state index contributed by atoms with van der Waals surface area (Å²) in [5.41, 5.74) is 2.52. The maximum Gasteiger partial charge on any atom is 0.433 e. The molecule has 0 bridgehead atoms. The van der Waals surface area contributed by atoms with E-state index in [-0.39, 0.29) is 5.91 Å². The maximum atomic E-state index is 13.0. The average Bonchev–Trinajstić information content (AvgIpc) is 3.04. The van der Waals surface area contributed by atoms with Crippen molar-refractivity contribution in [1.29, 1.82) is 0 Å². The van der Waals surface area contributed by atoms with Gasteiger partial charge in [0.1, 0.15) is 5.69 Å². The summed E-state index contributed by atoms with van der Waals surface area (Å²) in [5.74, 6) is 0.738. The van der Waals surface area contributed by atoms with Gasteiger partial charge >= 0.3 is 6.18 Å². The normalized spacial score (nSPS) is 16.8. The third kappa shape index (κ3) is 3.12. The number of halogens is 3. The van der Waals surface area contributed by atoms with Crippen molar-refractivity contribution in [3.63, 3.8) is 0 Å². The van der Waals surface area contributed by atoms with Crippen LogP contribution in [0, 0.1) is 0 Å². The molecule has 0 N–H and O–H groups in total. The Balaban J connectivity index is 1.77. The molecule has 4 rings (SSSR count). The molecule has 0 aliphatic carbocycles. The fourth-order valence-corrected chi connectivity index (χ4v) is 4.08. The topological polar surface area (TPSA) is 54.3 Å². The van der Waals surface area contributed by atoms with E-state index in [1.165, 1.54) is 6.20 Å². The highest BCUT2D eigenvalue weighted by Gasteiger charge is 2.35. The van der Waals surface area contributed by atoms with Crippen LogP contribution >= 0.6 is 0 Å². The number of alkyl halides is 3. The zero-order valence-corrected chi connectivity index (χ0v) is 15.9. The number of hydrogen-bond acceptors (Lipinski definition) is 4. The van der Waals surface area contributed by atoms with Gasteiger partial charge in [0.2, 0.25) is 5.91 Å². The van der Waals surface area contributed by atoms with Crippen LogP contribution in [0.1, 0.15) is 42.8 Å². The van der Waals surface area contributed by atoms with Crippen molar-refractivity contribution in [2.24, 2.45) is 0 Å². The summed E-state index contributed by atoms with van der Waals surface area (Å²) in [4.78, 5) is 19.3. The second-order valence-electron chi connectivity index (χ2n) is 7.21. The third-order valence-electron chi connectivity index (χ3n) is 5.49. The highest BCUT2D eigenvalue weighted by Crippen LogP contribution is 2.39. The van der Waals surface area contributed by atoms with Crippen LogP contribution in [0.4, 0.5) is 24.7 Å². The number of pyridine rings is 1. The Morgan fingerprint density at radius 1 is 1.25 bits per heavy atom. The van der Waals surface area contributed by atoms with Crippen LogP contribution in [-0.4, -0.2) is 38.7 Å². The first-order valence-corrected chi connectivity index (χ1v) is 9.47. The lowest BCUT2D eigenvalue weighted by atomic mass is 10.0. The van der Waals surface area contributed by atoms with Crippen LogP contribution in [0.25, 0.3) is 0 Å². The number of hydrogen-bond donors (Lipinski definition) is 0. The van der Waals surface area contributed by atoms with Gasteiger partial charge < -0.3 is 9.80 Å². The van der Waals surface area contributed by atoms with Crippen molar-refractivity contribution < 1.29 is 18.0 Å². The van der Waals surface area contributed by atoms with Crippen molar-refractivity contribution in [3.8, 4) is 0 Å². The highest BCUT2D eigenvalue weighted by atomic mass is 19.4. The van der Waals surface area contributed by atoms with Crippen molar-refractivity contribution in [2.45, 2.75) is 52.4 Å². The number of aromatic nitrogens is 3. The number of anilines is 2. The predicted octanol–water partition coefficient (Wildman–Crippen LogP) is 3.31. The van der Waals surface area contributed by atoms with E-state index in [9.17, 15) is 18.0 Å². The van der Waals surface area contributed by atoms with Gasteiger partial charge in [-0.05, 0) is 31.4 Å². The SMILES string of the molecule is CCn1nc(N2CCCc3cc(C(F)(F)F)ncc32)c2c1CCN(C(C)=O)C2. The molecule has 150 valence electrons. The molecule has 0 radical (unpaired) electrons. The van der Waals surface area contributed by atoms with E-state index < -0.39 is 11.9 Å². The molecule has 1 amide bonds. The van der Waals surface area contributed by atoms with Crippen molar-refractivity contribution in [2.75, 3.05) is 18.0 Å². The molecule has 9 heteroatoms. The van der Waals surface area contributed by atoms with Gasteiger partial charge in [-0.1, -0.05) is 0 Å². The molecule has 0 spiro atoms. The van der Waals surface area contributed by atoms with Gasteiger partial charge in [0, 0.05) is 44.2 Å². The van der Waals surface area contributed by atoms with Crippen molar-refractivity contribution >= 4 is 17.4 Å². The standard InChI is InChI=1S/C19H22F3N5O/c1-3-27-15-6-8-25(12(2)28)11-14(15)18(24-27)26-7-4-5-13-9-17(19(20,21)22)23-10-16(13)26/h9-10H,3-8,11H2,1-2H3. The fourth-order valence-electron chi connectivity index (χ4n) is 4.08. The van der Waals surface area contributed by atoms with Crippen molar-refractivity contribution in [1.82, 2.24) is 19.7 Å². The van der Waals surface area contributed by atoms with Gasteiger partial charge in [-0.15, -0.1) is 0 Å². The minimum atomic E-state index is -4.46. The molecule has 0 saturated heterocycles. The molecule has 2 aliphatic rings. The quantitative estimate of drug-likeness (QED) is 0.786. The Morgan fingerprint density at radius 3 is 2.71 bits per heavy atom. The first-order valence-electron chi connectivity index (χ1n) is 9.47. The Kier molecular flexibility index (Phi) is 4.55. The monoisotopic (exact) mass is 393 g/mol. The van der Waals surface area contributed by atoms with Crippen LogP contribution in [0.2, 0.25) is 0 Å². The number of aryl methyl sites for hydroxylation is 2. The molecule has 2 aromatic heterocycles. The van der Waals surface area contributed by atoms with E-state index >= 15 is 0 Å². The summed E-state index contributed by atoms with van der Waals surface area (Å²) in [5, 5.41) is 4.75. The van der Waals surface area contributed by atoms with E-state index in [1.807, 2.05) is 16.5 Å². The highest BCUT2D eigenvalue weighted by molar-refractivity contribution is 5.75. The smallest absolute Gasteiger partial charge is 0.338 e. The summed E-state index contributed by atoms with van der Waals surface area (Å²) in [6.45, 7) is 6.05. The van der Waals surface area contributed by atoms with Crippen LogP contribution in [-0.2, 0) is 36.9 Å². The molecule has 0 fully saturated rings. The largest absolute Gasteiger partial charge is 0.433 e. The fraction of sp³-hybridized carbons (Fsp3) is 0.526. The first-order chi connectivity index (χ1) is 13.3. The maximum absolute atomic E-state index is 13.0. The van der Waals surface area contributed by atoms with Gasteiger partial charge in [-0.25, -0.2) is 4.98 Å².